The average Bonchev–Trinajstić information content (AvgIpc) is 3.03. The van der Waals surface area contributed by atoms with Crippen molar-refractivity contribution in [3.05, 3.63) is 64.2 Å². The van der Waals surface area contributed by atoms with Gasteiger partial charge in [0.05, 0.1) is 30.0 Å². The van der Waals surface area contributed by atoms with Gasteiger partial charge in [-0.15, -0.1) is 0 Å². The lowest BCUT2D eigenvalue weighted by Crippen LogP contribution is -2.22. The molecule has 0 N–H and O–H groups in total. The van der Waals surface area contributed by atoms with Gasteiger partial charge in [0.2, 0.25) is 0 Å². The number of hydrogen-bond donors (Lipinski definition) is 0. The summed E-state index contributed by atoms with van der Waals surface area (Å²) in [5.41, 5.74) is 0.996. The zero-order chi connectivity index (χ0) is 20.3. The van der Waals surface area contributed by atoms with Crippen LogP contribution in [0.3, 0.4) is 0 Å². The number of nitrogens with zero attached hydrogens (tertiary/aromatic N) is 2. The molecule has 2 aromatic carbocycles. The number of methoxy groups -OCH3 is 2. The van der Waals surface area contributed by atoms with Crippen molar-refractivity contribution in [1.82, 2.24) is 4.57 Å². The van der Waals surface area contributed by atoms with Crippen LogP contribution < -0.4 is 4.80 Å². The topological polar surface area (TPSA) is 87.0 Å². The smallest absolute Gasteiger partial charge is 0.337 e. The summed E-state index contributed by atoms with van der Waals surface area (Å²) in [6.45, 7) is -0.177. The number of carbonyl (C=O) groups excluding carboxylic acids is 3. The second kappa shape index (κ2) is 8.13. The number of ether oxygens (including phenoxy) is 2. The molecule has 28 heavy (non-hydrogen) atoms. The van der Waals surface area contributed by atoms with Crippen LogP contribution in [0, 0.1) is 5.82 Å². The fourth-order valence-electron chi connectivity index (χ4n) is 2.52. The number of amides is 1. The first-order chi connectivity index (χ1) is 13.4. The van der Waals surface area contributed by atoms with E-state index in [1.54, 1.807) is 18.2 Å². The summed E-state index contributed by atoms with van der Waals surface area (Å²) in [7, 11) is 2.53. The lowest BCUT2D eigenvalue weighted by molar-refractivity contribution is -0.141. The Labute approximate surface area is 162 Å². The highest BCUT2D eigenvalue weighted by Gasteiger charge is 2.15. The molecule has 0 fully saturated rings. The van der Waals surface area contributed by atoms with Crippen molar-refractivity contribution in [2.24, 2.45) is 4.99 Å². The Balaban J connectivity index is 2.15. The molecule has 0 spiro atoms. The largest absolute Gasteiger partial charge is 0.468 e. The Hall–Kier alpha value is -3.33. The van der Waals surface area contributed by atoms with Crippen LogP contribution >= 0.6 is 11.3 Å². The summed E-state index contributed by atoms with van der Waals surface area (Å²) < 4.78 is 24.9. The molecular formula is C19H15FN2O5S. The third-order valence-electron chi connectivity index (χ3n) is 3.89. The second-order valence-electron chi connectivity index (χ2n) is 5.65. The highest BCUT2D eigenvalue weighted by molar-refractivity contribution is 7.16. The van der Waals surface area contributed by atoms with Crippen molar-refractivity contribution in [2.75, 3.05) is 14.2 Å². The Morgan fingerprint density at radius 3 is 2.54 bits per heavy atom. The number of benzene rings is 2. The monoisotopic (exact) mass is 402 g/mol. The van der Waals surface area contributed by atoms with E-state index in [9.17, 15) is 18.8 Å². The highest BCUT2D eigenvalue weighted by atomic mass is 32.1. The van der Waals surface area contributed by atoms with Gasteiger partial charge < -0.3 is 14.0 Å². The predicted molar refractivity (Wildman–Crippen MR) is 99.5 cm³/mol. The Morgan fingerprint density at radius 1 is 1.07 bits per heavy atom. The lowest BCUT2D eigenvalue weighted by Gasteiger charge is -2.04. The van der Waals surface area contributed by atoms with Crippen LogP contribution in [-0.4, -0.2) is 36.6 Å². The molecule has 0 aliphatic carbocycles. The van der Waals surface area contributed by atoms with Crippen molar-refractivity contribution in [1.29, 1.82) is 0 Å². The molecule has 9 heteroatoms. The Kier molecular flexibility index (Phi) is 5.65. The van der Waals surface area contributed by atoms with Crippen LogP contribution in [0.1, 0.15) is 20.7 Å². The molecular weight excluding hydrogens is 387 g/mol. The van der Waals surface area contributed by atoms with Gasteiger partial charge in [0, 0.05) is 5.56 Å². The second-order valence-corrected chi connectivity index (χ2v) is 6.66. The molecule has 1 aromatic heterocycles. The van der Waals surface area contributed by atoms with Gasteiger partial charge in [0.25, 0.3) is 5.91 Å². The van der Waals surface area contributed by atoms with E-state index >= 15 is 0 Å². The van der Waals surface area contributed by atoms with E-state index in [-0.39, 0.29) is 16.9 Å². The molecule has 3 rings (SSSR count). The van der Waals surface area contributed by atoms with Crippen molar-refractivity contribution in [2.45, 2.75) is 6.54 Å². The van der Waals surface area contributed by atoms with Crippen LogP contribution in [0.4, 0.5) is 4.39 Å². The third kappa shape index (κ3) is 3.99. The minimum absolute atomic E-state index is 0.0809. The first-order valence-corrected chi connectivity index (χ1v) is 8.87. The van der Waals surface area contributed by atoms with E-state index in [1.165, 1.54) is 37.0 Å². The van der Waals surface area contributed by atoms with Crippen LogP contribution in [-0.2, 0) is 20.8 Å². The first kappa shape index (κ1) is 19.4. The van der Waals surface area contributed by atoms with Gasteiger partial charge in [-0.3, -0.25) is 9.59 Å². The van der Waals surface area contributed by atoms with Crippen LogP contribution in [0.2, 0.25) is 0 Å². The average molecular weight is 402 g/mol. The normalized spacial score (nSPS) is 11.5. The molecule has 0 unspecified atom stereocenters. The van der Waals surface area contributed by atoms with Crippen LogP contribution in [0.25, 0.3) is 10.2 Å². The SMILES string of the molecule is COC(=O)Cn1c(=NC(=O)c2cccc(F)c2)sc2cc(C(=O)OC)ccc21. The predicted octanol–water partition coefficient (Wildman–Crippen LogP) is 2.54. The standard InChI is InChI=1S/C19H15FN2O5S/c1-26-16(23)10-22-14-7-6-12(18(25)27-2)9-15(14)28-19(22)21-17(24)11-4-3-5-13(20)8-11/h3-9H,10H2,1-2H3. The molecule has 0 saturated heterocycles. The van der Waals surface area contributed by atoms with E-state index in [0.717, 1.165) is 17.4 Å². The molecule has 0 radical (unpaired) electrons. The van der Waals surface area contributed by atoms with Gasteiger partial charge in [-0.1, -0.05) is 17.4 Å². The maximum atomic E-state index is 13.4. The number of aromatic nitrogens is 1. The molecule has 144 valence electrons. The minimum atomic E-state index is -0.655. The maximum Gasteiger partial charge on any atom is 0.337 e. The molecule has 7 nitrogen and oxygen atoms in total. The fraction of sp³-hybridized carbons (Fsp3) is 0.158. The summed E-state index contributed by atoms with van der Waals surface area (Å²) in [6.07, 6.45) is 0. The Bertz CT molecular complexity index is 1150. The van der Waals surface area contributed by atoms with Crippen molar-refractivity contribution >= 4 is 39.4 Å². The molecule has 1 amide bonds. The van der Waals surface area contributed by atoms with E-state index in [1.807, 2.05) is 0 Å². The van der Waals surface area contributed by atoms with Gasteiger partial charge in [0.15, 0.2) is 4.80 Å². The summed E-state index contributed by atoms with van der Waals surface area (Å²) in [4.78, 5) is 40.3. The molecule has 0 aliphatic heterocycles. The molecule has 3 aromatic rings. The first-order valence-electron chi connectivity index (χ1n) is 8.06. The number of hydrogen-bond acceptors (Lipinski definition) is 6. The van der Waals surface area contributed by atoms with Crippen molar-refractivity contribution in [3.63, 3.8) is 0 Å². The summed E-state index contributed by atoms with van der Waals surface area (Å²) in [5.74, 6) is -2.25. The summed E-state index contributed by atoms with van der Waals surface area (Å²) in [6, 6.07) is 9.93. The van der Waals surface area contributed by atoms with E-state index in [4.69, 9.17) is 9.47 Å². The van der Waals surface area contributed by atoms with E-state index in [2.05, 4.69) is 4.99 Å². The number of carbonyl (C=O) groups is 3. The number of fused-ring (bicyclic) bond motifs is 1. The highest BCUT2D eigenvalue weighted by Crippen LogP contribution is 2.20. The fourth-order valence-corrected chi connectivity index (χ4v) is 3.59. The molecule has 0 atom stereocenters. The van der Waals surface area contributed by atoms with E-state index < -0.39 is 23.7 Å². The Morgan fingerprint density at radius 2 is 1.86 bits per heavy atom. The van der Waals surface area contributed by atoms with Crippen molar-refractivity contribution in [3.8, 4) is 0 Å². The van der Waals surface area contributed by atoms with Crippen LogP contribution in [0.5, 0.6) is 0 Å². The molecule has 1 heterocycles. The zero-order valence-corrected chi connectivity index (χ0v) is 15.8. The third-order valence-corrected chi connectivity index (χ3v) is 4.93. The quantitative estimate of drug-likeness (QED) is 0.626. The summed E-state index contributed by atoms with van der Waals surface area (Å²) >= 11 is 1.11. The van der Waals surface area contributed by atoms with Crippen LogP contribution in [0.15, 0.2) is 47.5 Å². The lowest BCUT2D eigenvalue weighted by atomic mass is 10.2. The van der Waals surface area contributed by atoms with Gasteiger partial charge in [-0.2, -0.15) is 4.99 Å². The number of rotatable bonds is 4. The van der Waals surface area contributed by atoms with Gasteiger partial charge in [0.1, 0.15) is 12.4 Å². The molecule has 0 saturated carbocycles. The van der Waals surface area contributed by atoms with Gasteiger partial charge in [-0.25, -0.2) is 9.18 Å². The maximum absolute atomic E-state index is 13.4. The number of halogens is 1. The molecule has 0 aliphatic rings. The zero-order valence-electron chi connectivity index (χ0n) is 15.0. The van der Waals surface area contributed by atoms with Gasteiger partial charge in [-0.05, 0) is 36.4 Å². The number of thiazole rings is 1. The van der Waals surface area contributed by atoms with E-state index in [0.29, 0.717) is 15.8 Å². The summed E-state index contributed by atoms with van der Waals surface area (Å²) in [5, 5.41) is 0. The minimum Gasteiger partial charge on any atom is -0.468 e. The van der Waals surface area contributed by atoms with Gasteiger partial charge >= 0.3 is 11.9 Å². The molecule has 0 bridgehead atoms. The number of esters is 2. The van der Waals surface area contributed by atoms with Crippen molar-refractivity contribution < 1.29 is 28.2 Å².